The third-order valence-corrected chi connectivity index (χ3v) is 5.67. The molecule has 2 aliphatic heterocycles. The molecule has 6 heteroatoms. The smallest absolute Gasteiger partial charge is 0.280 e. The molecular weight excluding hydrogens is 313 g/mol. The summed E-state index contributed by atoms with van der Waals surface area (Å²) in [4.78, 5) is 19.7. The van der Waals surface area contributed by atoms with Crippen LogP contribution in [0.5, 0.6) is 0 Å². The van der Waals surface area contributed by atoms with Crippen molar-refractivity contribution in [3.05, 3.63) is 41.3 Å². The van der Waals surface area contributed by atoms with Crippen LogP contribution in [0.4, 0.5) is 4.39 Å². The quantitative estimate of drug-likeness (QED) is 0.941. The van der Waals surface area contributed by atoms with Crippen LogP contribution in [0.2, 0.25) is 0 Å². The highest BCUT2D eigenvalue weighted by Gasteiger charge is 2.33. The Hall–Kier alpha value is -1.79. The molecule has 2 fully saturated rings. The maximum atomic E-state index is 13.8. The van der Waals surface area contributed by atoms with Gasteiger partial charge in [-0.2, -0.15) is 0 Å². The molecule has 2 aliphatic rings. The fourth-order valence-electron chi connectivity index (χ4n) is 3.58. The number of halogens is 1. The molecule has 1 amide bonds. The zero-order valence-electron chi connectivity index (χ0n) is 12.7. The summed E-state index contributed by atoms with van der Waals surface area (Å²) in [5.74, 6) is 0.268. The minimum Gasteiger partial charge on any atom is -0.346 e. The van der Waals surface area contributed by atoms with Gasteiger partial charge in [0.15, 0.2) is 5.01 Å². The lowest BCUT2D eigenvalue weighted by Gasteiger charge is -2.30. The van der Waals surface area contributed by atoms with Crippen LogP contribution in [0, 0.1) is 11.7 Å². The number of carbonyl (C=O) groups is 1. The van der Waals surface area contributed by atoms with Gasteiger partial charge < -0.3 is 10.2 Å². The second-order valence-electron chi connectivity index (χ2n) is 6.33. The molecule has 2 aromatic rings. The minimum absolute atomic E-state index is 0.148. The van der Waals surface area contributed by atoms with Crippen molar-refractivity contribution in [2.45, 2.75) is 18.9 Å². The predicted octanol–water partition coefficient (Wildman–Crippen LogP) is 2.77. The number of hydrogen-bond donors (Lipinski definition) is 1. The van der Waals surface area contributed by atoms with E-state index >= 15 is 0 Å². The summed E-state index contributed by atoms with van der Waals surface area (Å²) < 4.78 is 13.8. The number of benzene rings is 1. The second-order valence-corrected chi connectivity index (χ2v) is 7.36. The molecule has 1 aromatic heterocycles. The van der Waals surface area contributed by atoms with Crippen molar-refractivity contribution in [3.8, 4) is 10.4 Å². The first-order valence-electron chi connectivity index (χ1n) is 7.93. The van der Waals surface area contributed by atoms with Crippen molar-refractivity contribution in [1.82, 2.24) is 15.2 Å². The topological polar surface area (TPSA) is 45.2 Å². The Morgan fingerprint density at radius 2 is 2.22 bits per heavy atom. The van der Waals surface area contributed by atoms with Crippen LogP contribution in [-0.4, -0.2) is 41.5 Å². The lowest BCUT2D eigenvalue weighted by atomic mass is 9.97. The minimum atomic E-state index is -0.292. The number of nitrogens with zero attached hydrogens (tertiary/aromatic N) is 2. The lowest BCUT2D eigenvalue weighted by Crippen LogP contribution is -2.46. The average molecular weight is 331 g/mol. The largest absolute Gasteiger partial charge is 0.346 e. The first-order chi connectivity index (χ1) is 11.2. The molecule has 1 aromatic carbocycles. The standard InChI is InChI=1S/C17H18FN3OS/c18-14-4-2-1-3-13(14)15-8-19-17(23-15)16(22)20-12-7-11-5-6-21(9-11)10-12/h1-4,8,11-12H,5-7,9-10H2,(H,20,22)/t11-,12-/m1/s1. The Labute approximate surface area is 138 Å². The number of aromatic nitrogens is 1. The molecule has 0 aliphatic carbocycles. The average Bonchev–Trinajstić information content (AvgIpc) is 3.15. The maximum absolute atomic E-state index is 13.8. The van der Waals surface area contributed by atoms with Crippen molar-refractivity contribution in [1.29, 1.82) is 0 Å². The van der Waals surface area contributed by atoms with Crippen LogP contribution in [0.15, 0.2) is 30.5 Å². The Morgan fingerprint density at radius 1 is 1.35 bits per heavy atom. The number of fused-ring (bicyclic) bond motifs is 2. The molecule has 1 N–H and O–H groups in total. The molecule has 120 valence electrons. The van der Waals surface area contributed by atoms with Gasteiger partial charge in [-0.15, -0.1) is 11.3 Å². The number of nitrogens with one attached hydrogen (secondary N) is 1. The molecule has 4 nitrogen and oxygen atoms in total. The zero-order chi connectivity index (χ0) is 15.8. The molecule has 3 atom stereocenters. The van der Waals surface area contributed by atoms with E-state index in [9.17, 15) is 9.18 Å². The fourth-order valence-corrected chi connectivity index (χ4v) is 4.42. The summed E-state index contributed by atoms with van der Waals surface area (Å²) in [6.45, 7) is 3.24. The van der Waals surface area contributed by atoms with Crippen LogP contribution >= 0.6 is 11.3 Å². The Kier molecular flexibility index (Phi) is 3.87. The van der Waals surface area contributed by atoms with E-state index in [-0.39, 0.29) is 17.8 Å². The number of rotatable bonds is 3. The van der Waals surface area contributed by atoms with E-state index in [1.165, 1.54) is 30.4 Å². The van der Waals surface area contributed by atoms with Gasteiger partial charge in [-0.1, -0.05) is 18.2 Å². The molecule has 0 spiro atoms. The fraction of sp³-hybridized carbons (Fsp3) is 0.412. The normalized spacial score (nSPS) is 26.2. The SMILES string of the molecule is O=C(N[C@@H]1C[C@H]2CCN(C2)C1)c1ncc(-c2ccccc2F)s1. The highest BCUT2D eigenvalue weighted by molar-refractivity contribution is 7.17. The van der Waals surface area contributed by atoms with Crippen molar-refractivity contribution < 1.29 is 9.18 Å². The Balaban J connectivity index is 1.46. The van der Waals surface area contributed by atoms with Gasteiger partial charge in [-0.05, 0) is 31.4 Å². The highest BCUT2D eigenvalue weighted by Crippen LogP contribution is 2.29. The molecule has 3 heterocycles. The summed E-state index contributed by atoms with van der Waals surface area (Å²) in [6, 6.07) is 6.76. The van der Waals surface area contributed by atoms with Crippen molar-refractivity contribution in [2.75, 3.05) is 19.6 Å². The van der Waals surface area contributed by atoms with Crippen LogP contribution in [0.1, 0.15) is 22.6 Å². The molecule has 1 unspecified atom stereocenters. The van der Waals surface area contributed by atoms with Crippen LogP contribution < -0.4 is 5.32 Å². The van der Waals surface area contributed by atoms with Gasteiger partial charge in [0.05, 0.1) is 4.88 Å². The molecule has 2 saturated heterocycles. The first-order valence-corrected chi connectivity index (χ1v) is 8.74. The van der Waals surface area contributed by atoms with Gasteiger partial charge in [0.25, 0.3) is 5.91 Å². The summed E-state index contributed by atoms with van der Waals surface area (Å²) in [7, 11) is 0. The number of hydrogen-bond acceptors (Lipinski definition) is 4. The van der Waals surface area contributed by atoms with Gasteiger partial charge >= 0.3 is 0 Å². The molecular formula is C17H18FN3OS. The van der Waals surface area contributed by atoms with Crippen molar-refractivity contribution in [3.63, 3.8) is 0 Å². The molecule has 2 bridgehead atoms. The number of piperidine rings is 1. The Morgan fingerprint density at radius 3 is 3.04 bits per heavy atom. The van der Waals surface area contributed by atoms with Gasteiger partial charge in [0.1, 0.15) is 5.82 Å². The van der Waals surface area contributed by atoms with Crippen LogP contribution in [0.3, 0.4) is 0 Å². The summed E-state index contributed by atoms with van der Waals surface area (Å²) in [5.41, 5.74) is 0.492. The monoisotopic (exact) mass is 331 g/mol. The molecule has 0 saturated carbocycles. The van der Waals surface area contributed by atoms with E-state index in [4.69, 9.17) is 0 Å². The Bertz CT molecular complexity index is 720. The first kappa shape index (κ1) is 14.8. The third kappa shape index (κ3) is 3.01. The van der Waals surface area contributed by atoms with Crippen molar-refractivity contribution in [2.24, 2.45) is 5.92 Å². The van der Waals surface area contributed by atoms with Gasteiger partial charge in [-0.25, -0.2) is 9.37 Å². The molecule has 4 rings (SSSR count). The van der Waals surface area contributed by atoms with E-state index in [1.54, 1.807) is 24.4 Å². The zero-order valence-corrected chi connectivity index (χ0v) is 13.5. The van der Waals surface area contributed by atoms with Gasteiger partial charge in [0.2, 0.25) is 0 Å². The molecule has 23 heavy (non-hydrogen) atoms. The number of carbonyl (C=O) groups excluding carboxylic acids is 1. The maximum Gasteiger partial charge on any atom is 0.280 e. The second kappa shape index (κ2) is 6.02. The van der Waals surface area contributed by atoms with E-state index in [1.807, 2.05) is 0 Å². The van der Waals surface area contributed by atoms with E-state index in [0.29, 0.717) is 21.4 Å². The summed E-state index contributed by atoms with van der Waals surface area (Å²) in [5, 5.41) is 3.49. The third-order valence-electron chi connectivity index (χ3n) is 4.64. The van der Waals surface area contributed by atoms with E-state index < -0.39 is 0 Å². The molecule has 0 radical (unpaired) electrons. The van der Waals surface area contributed by atoms with Crippen molar-refractivity contribution >= 4 is 17.2 Å². The van der Waals surface area contributed by atoms with E-state index in [0.717, 1.165) is 19.5 Å². The predicted molar refractivity (Wildman–Crippen MR) is 87.9 cm³/mol. The number of thiazole rings is 1. The van der Waals surface area contributed by atoms with Gasteiger partial charge in [-0.3, -0.25) is 4.79 Å². The number of amides is 1. The highest BCUT2D eigenvalue weighted by atomic mass is 32.1. The summed E-state index contributed by atoms with van der Waals surface area (Å²) in [6.07, 6.45) is 3.86. The summed E-state index contributed by atoms with van der Waals surface area (Å²) >= 11 is 1.24. The van der Waals surface area contributed by atoms with Gasteiger partial charge in [0, 0.05) is 30.9 Å². The van der Waals surface area contributed by atoms with Crippen LogP contribution in [0.25, 0.3) is 10.4 Å². The van der Waals surface area contributed by atoms with Crippen LogP contribution in [-0.2, 0) is 0 Å². The van der Waals surface area contributed by atoms with E-state index in [2.05, 4.69) is 15.2 Å². The lowest BCUT2D eigenvalue weighted by molar-refractivity contribution is 0.0909.